The smallest absolute Gasteiger partial charge is 0.129 e. The monoisotopic (exact) mass is 255 g/mol. The maximum atomic E-state index is 5.84. The molecule has 19 heavy (non-hydrogen) atoms. The third-order valence-corrected chi connectivity index (χ3v) is 3.23. The van der Waals surface area contributed by atoms with Crippen molar-refractivity contribution in [1.82, 2.24) is 4.98 Å². The van der Waals surface area contributed by atoms with Crippen LogP contribution in [-0.2, 0) is 6.54 Å². The van der Waals surface area contributed by atoms with Crippen LogP contribution in [0.3, 0.4) is 0 Å². The van der Waals surface area contributed by atoms with Gasteiger partial charge in [-0.2, -0.15) is 0 Å². The fourth-order valence-corrected chi connectivity index (χ4v) is 2.03. The van der Waals surface area contributed by atoms with Gasteiger partial charge in [0, 0.05) is 12.6 Å². The van der Waals surface area contributed by atoms with E-state index in [1.807, 2.05) is 25.1 Å². The van der Waals surface area contributed by atoms with E-state index in [4.69, 9.17) is 5.73 Å². The van der Waals surface area contributed by atoms with Gasteiger partial charge in [0.1, 0.15) is 5.82 Å². The van der Waals surface area contributed by atoms with Gasteiger partial charge in [0.25, 0.3) is 0 Å². The van der Waals surface area contributed by atoms with E-state index in [9.17, 15) is 0 Å². The highest BCUT2D eigenvalue weighted by Crippen LogP contribution is 2.20. The van der Waals surface area contributed by atoms with Gasteiger partial charge < -0.3 is 10.6 Å². The minimum absolute atomic E-state index is 0.385. The topological polar surface area (TPSA) is 42.2 Å². The quantitative estimate of drug-likeness (QED) is 0.910. The van der Waals surface area contributed by atoms with Gasteiger partial charge in [-0.25, -0.2) is 4.98 Å². The standard InChI is InChI=1S/C16H21N3/c1-12(2)19(11-14-7-5-4-6-8-14)16-10-9-15(17)13(3)18-16/h4-10,12H,11,17H2,1-3H3. The number of benzene rings is 1. The number of aromatic nitrogens is 1. The normalized spacial score (nSPS) is 10.7. The van der Waals surface area contributed by atoms with Crippen LogP contribution in [0.15, 0.2) is 42.5 Å². The van der Waals surface area contributed by atoms with Gasteiger partial charge in [-0.3, -0.25) is 0 Å². The number of anilines is 2. The number of rotatable bonds is 4. The molecule has 0 aliphatic rings. The Morgan fingerprint density at radius 3 is 2.37 bits per heavy atom. The SMILES string of the molecule is Cc1nc(N(Cc2ccccc2)C(C)C)ccc1N. The highest BCUT2D eigenvalue weighted by Gasteiger charge is 2.13. The molecule has 0 saturated carbocycles. The van der Waals surface area contributed by atoms with Crippen molar-refractivity contribution in [3.8, 4) is 0 Å². The summed E-state index contributed by atoms with van der Waals surface area (Å²) in [5, 5.41) is 0. The Morgan fingerprint density at radius 2 is 1.79 bits per heavy atom. The Bertz CT molecular complexity index is 535. The molecule has 0 saturated heterocycles. The molecule has 0 atom stereocenters. The molecule has 1 aromatic carbocycles. The van der Waals surface area contributed by atoms with E-state index < -0.39 is 0 Å². The van der Waals surface area contributed by atoms with Crippen molar-refractivity contribution in [3.05, 3.63) is 53.7 Å². The minimum Gasteiger partial charge on any atom is -0.397 e. The van der Waals surface area contributed by atoms with E-state index in [0.717, 1.165) is 23.7 Å². The predicted molar refractivity (Wildman–Crippen MR) is 81.1 cm³/mol. The van der Waals surface area contributed by atoms with Crippen LogP contribution < -0.4 is 10.6 Å². The summed E-state index contributed by atoms with van der Waals surface area (Å²) in [6.45, 7) is 7.15. The van der Waals surface area contributed by atoms with Crippen molar-refractivity contribution in [1.29, 1.82) is 0 Å². The van der Waals surface area contributed by atoms with Crippen LogP contribution in [0, 0.1) is 6.92 Å². The maximum Gasteiger partial charge on any atom is 0.129 e. The number of pyridine rings is 1. The number of nitrogens with two attached hydrogens (primary N) is 1. The van der Waals surface area contributed by atoms with Gasteiger partial charge in [0.05, 0.1) is 11.4 Å². The first-order chi connectivity index (χ1) is 9.08. The Kier molecular flexibility index (Phi) is 4.05. The molecular weight excluding hydrogens is 234 g/mol. The van der Waals surface area contributed by atoms with Crippen LogP contribution in [0.2, 0.25) is 0 Å². The van der Waals surface area contributed by atoms with Gasteiger partial charge in [0.15, 0.2) is 0 Å². The first-order valence-electron chi connectivity index (χ1n) is 6.61. The average molecular weight is 255 g/mol. The molecular formula is C16H21N3. The molecule has 1 aromatic heterocycles. The van der Waals surface area contributed by atoms with Crippen LogP contribution in [0.4, 0.5) is 11.5 Å². The zero-order chi connectivity index (χ0) is 13.8. The lowest BCUT2D eigenvalue weighted by molar-refractivity contribution is 0.671. The molecule has 2 N–H and O–H groups in total. The summed E-state index contributed by atoms with van der Waals surface area (Å²) in [5.74, 6) is 0.977. The van der Waals surface area contributed by atoms with E-state index in [2.05, 4.69) is 48.0 Å². The average Bonchev–Trinajstić information content (AvgIpc) is 2.40. The van der Waals surface area contributed by atoms with Crippen molar-refractivity contribution in [3.63, 3.8) is 0 Å². The van der Waals surface area contributed by atoms with E-state index >= 15 is 0 Å². The lowest BCUT2D eigenvalue weighted by Crippen LogP contribution is -2.31. The highest BCUT2D eigenvalue weighted by atomic mass is 15.2. The number of nitrogen functional groups attached to an aromatic ring is 1. The molecule has 0 spiro atoms. The van der Waals surface area contributed by atoms with Crippen LogP contribution in [-0.4, -0.2) is 11.0 Å². The first-order valence-corrected chi connectivity index (χ1v) is 6.61. The summed E-state index contributed by atoms with van der Waals surface area (Å²) in [6.07, 6.45) is 0. The molecule has 0 aliphatic heterocycles. The van der Waals surface area contributed by atoms with Gasteiger partial charge in [-0.05, 0) is 38.5 Å². The molecule has 0 bridgehead atoms. The number of aryl methyl sites for hydroxylation is 1. The molecule has 2 rings (SSSR count). The minimum atomic E-state index is 0.385. The number of hydrogen-bond donors (Lipinski definition) is 1. The van der Waals surface area contributed by atoms with Crippen molar-refractivity contribution < 1.29 is 0 Å². The summed E-state index contributed by atoms with van der Waals surface area (Å²) < 4.78 is 0. The summed E-state index contributed by atoms with van der Waals surface area (Å²) in [6, 6.07) is 14.7. The highest BCUT2D eigenvalue weighted by molar-refractivity contribution is 5.51. The third-order valence-electron chi connectivity index (χ3n) is 3.23. The molecule has 3 nitrogen and oxygen atoms in total. The fraction of sp³-hybridized carbons (Fsp3) is 0.312. The summed E-state index contributed by atoms with van der Waals surface area (Å²) in [5.41, 5.74) is 8.75. The van der Waals surface area contributed by atoms with E-state index in [0.29, 0.717) is 6.04 Å². The van der Waals surface area contributed by atoms with Crippen molar-refractivity contribution in [2.75, 3.05) is 10.6 Å². The van der Waals surface area contributed by atoms with E-state index in [1.54, 1.807) is 0 Å². The van der Waals surface area contributed by atoms with Crippen LogP contribution >= 0.6 is 0 Å². The van der Waals surface area contributed by atoms with Gasteiger partial charge in [-0.15, -0.1) is 0 Å². The summed E-state index contributed by atoms with van der Waals surface area (Å²) in [7, 11) is 0. The number of hydrogen-bond acceptors (Lipinski definition) is 3. The molecule has 0 unspecified atom stereocenters. The second kappa shape index (κ2) is 5.74. The zero-order valence-electron chi connectivity index (χ0n) is 11.8. The fourth-order valence-electron chi connectivity index (χ4n) is 2.03. The molecule has 0 aliphatic carbocycles. The summed E-state index contributed by atoms with van der Waals surface area (Å²) in [4.78, 5) is 6.87. The van der Waals surface area contributed by atoms with E-state index in [-0.39, 0.29) is 0 Å². The molecule has 0 radical (unpaired) electrons. The van der Waals surface area contributed by atoms with Crippen LogP contribution in [0.25, 0.3) is 0 Å². The lowest BCUT2D eigenvalue weighted by Gasteiger charge is -2.28. The Balaban J connectivity index is 2.27. The van der Waals surface area contributed by atoms with Crippen molar-refractivity contribution >= 4 is 11.5 Å². The second-order valence-electron chi connectivity index (χ2n) is 5.05. The van der Waals surface area contributed by atoms with Crippen molar-refractivity contribution in [2.45, 2.75) is 33.4 Å². The lowest BCUT2D eigenvalue weighted by atomic mass is 10.2. The molecule has 100 valence electrons. The maximum absolute atomic E-state index is 5.84. The zero-order valence-corrected chi connectivity index (χ0v) is 11.8. The van der Waals surface area contributed by atoms with Crippen LogP contribution in [0.1, 0.15) is 25.1 Å². The summed E-state index contributed by atoms with van der Waals surface area (Å²) >= 11 is 0. The Hall–Kier alpha value is -2.03. The van der Waals surface area contributed by atoms with Gasteiger partial charge >= 0.3 is 0 Å². The molecule has 3 heteroatoms. The molecule has 1 heterocycles. The number of nitrogens with zero attached hydrogens (tertiary/aromatic N) is 2. The van der Waals surface area contributed by atoms with Gasteiger partial charge in [-0.1, -0.05) is 30.3 Å². The molecule has 0 fully saturated rings. The second-order valence-corrected chi connectivity index (χ2v) is 5.05. The van der Waals surface area contributed by atoms with E-state index in [1.165, 1.54) is 5.56 Å². The Labute approximate surface area is 115 Å². The third kappa shape index (κ3) is 3.25. The first kappa shape index (κ1) is 13.4. The predicted octanol–water partition coefficient (Wildman–Crippen LogP) is 3.39. The molecule has 0 amide bonds. The van der Waals surface area contributed by atoms with Crippen LogP contribution in [0.5, 0.6) is 0 Å². The molecule has 2 aromatic rings. The Morgan fingerprint density at radius 1 is 1.11 bits per heavy atom. The largest absolute Gasteiger partial charge is 0.397 e. The van der Waals surface area contributed by atoms with Gasteiger partial charge in [0.2, 0.25) is 0 Å². The van der Waals surface area contributed by atoms with Crippen molar-refractivity contribution in [2.24, 2.45) is 0 Å².